The number of urea groups is 1. The minimum Gasteiger partial charge on any atom is -0.373 e. The number of carbonyl (C=O) groups excluding carboxylic acids is 1. The Kier molecular flexibility index (Phi) is 4.18. The van der Waals surface area contributed by atoms with Crippen LogP contribution in [0.15, 0.2) is 42.9 Å². The molecule has 0 spiro atoms. The van der Waals surface area contributed by atoms with Gasteiger partial charge in [0.15, 0.2) is 0 Å². The third kappa shape index (κ3) is 3.16. The van der Waals surface area contributed by atoms with Crippen molar-refractivity contribution in [3.8, 4) is 0 Å². The van der Waals surface area contributed by atoms with E-state index >= 15 is 0 Å². The summed E-state index contributed by atoms with van der Waals surface area (Å²) in [5, 5.41) is 2.92. The molecule has 114 valence electrons. The zero-order valence-electron chi connectivity index (χ0n) is 12.6. The van der Waals surface area contributed by atoms with Gasteiger partial charge in [0.25, 0.3) is 0 Å². The lowest BCUT2D eigenvalue weighted by molar-refractivity contribution is 0.197. The van der Waals surface area contributed by atoms with Crippen molar-refractivity contribution in [2.45, 2.75) is 13.1 Å². The minimum absolute atomic E-state index is 0.0660. The van der Waals surface area contributed by atoms with Gasteiger partial charge in [-0.3, -0.25) is 0 Å². The zero-order chi connectivity index (χ0) is 15.4. The van der Waals surface area contributed by atoms with Crippen molar-refractivity contribution in [3.05, 3.63) is 54.1 Å². The Balaban J connectivity index is 1.66. The number of carbonyl (C=O) groups is 1. The molecule has 22 heavy (non-hydrogen) atoms. The van der Waals surface area contributed by atoms with Gasteiger partial charge in [-0.2, -0.15) is 0 Å². The molecule has 0 fully saturated rings. The van der Waals surface area contributed by atoms with Crippen LogP contribution in [-0.4, -0.2) is 41.0 Å². The van der Waals surface area contributed by atoms with E-state index in [0.29, 0.717) is 19.6 Å². The average molecular weight is 297 g/mol. The highest BCUT2D eigenvalue weighted by molar-refractivity contribution is 5.75. The van der Waals surface area contributed by atoms with Gasteiger partial charge in [0.05, 0.1) is 12.2 Å². The first kappa shape index (κ1) is 14.3. The summed E-state index contributed by atoms with van der Waals surface area (Å²) in [6.45, 7) is 2.55. The molecule has 1 aromatic heterocycles. The summed E-state index contributed by atoms with van der Waals surface area (Å²) in [4.78, 5) is 24.4. The van der Waals surface area contributed by atoms with Crippen molar-refractivity contribution in [1.29, 1.82) is 0 Å². The molecule has 0 unspecified atom stereocenters. The highest BCUT2D eigenvalue weighted by Gasteiger charge is 2.20. The Labute approximate surface area is 129 Å². The molecule has 2 heterocycles. The Bertz CT molecular complexity index is 646. The number of hydrogen-bond donors (Lipinski definition) is 1. The van der Waals surface area contributed by atoms with Gasteiger partial charge in [-0.05, 0) is 17.7 Å². The van der Waals surface area contributed by atoms with Crippen molar-refractivity contribution in [2.24, 2.45) is 0 Å². The van der Waals surface area contributed by atoms with Crippen LogP contribution in [0.3, 0.4) is 0 Å². The van der Waals surface area contributed by atoms with Gasteiger partial charge in [-0.15, -0.1) is 0 Å². The van der Waals surface area contributed by atoms with Crippen LogP contribution in [0.4, 0.5) is 10.5 Å². The summed E-state index contributed by atoms with van der Waals surface area (Å²) in [7, 11) is 2.06. The third-order valence-corrected chi connectivity index (χ3v) is 3.82. The molecule has 3 rings (SSSR count). The maximum atomic E-state index is 12.4. The smallest absolute Gasteiger partial charge is 0.318 e. The lowest BCUT2D eigenvalue weighted by atomic mass is 10.1. The highest BCUT2D eigenvalue weighted by Crippen LogP contribution is 2.23. The molecule has 0 saturated carbocycles. The summed E-state index contributed by atoms with van der Waals surface area (Å²) >= 11 is 0. The van der Waals surface area contributed by atoms with Gasteiger partial charge < -0.3 is 15.1 Å². The van der Waals surface area contributed by atoms with Crippen molar-refractivity contribution in [2.75, 3.05) is 25.0 Å². The first-order valence-corrected chi connectivity index (χ1v) is 7.31. The van der Waals surface area contributed by atoms with Crippen LogP contribution in [0.5, 0.6) is 0 Å². The van der Waals surface area contributed by atoms with E-state index in [1.54, 1.807) is 12.3 Å². The third-order valence-electron chi connectivity index (χ3n) is 3.82. The van der Waals surface area contributed by atoms with Gasteiger partial charge in [-0.1, -0.05) is 18.2 Å². The number of anilines is 1. The normalized spacial score (nSPS) is 14.2. The van der Waals surface area contributed by atoms with E-state index in [0.717, 1.165) is 12.2 Å². The van der Waals surface area contributed by atoms with Crippen LogP contribution < -0.4 is 10.2 Å². The number of nitrogens with zero attached hydrogens (tertiary/aromatic N) is 4. The first-order valence-electron chi connectivity index (χ1n) is 7.31. The van der Waals surface area contributed by atoms with E-state index in [1.165, 1.54) is 17.6 Å². The van der Waals surface area contributed by atoms with E-state index in [9.17, 15) is 4.79 Å². The summed E-state index contributed by atoms with van der Waals surface area (Å²) in [5.74, 6) is 0. The fourth-order valence-electron chi connectivity index (χ4n) is 2.57. The van der Waals surface area contributed by atoms with Crippen LogP contribution >= 0.6 is 0 Å². The van der Waals surface area contributed by atoms with Gasteiger partial charge >= 0.3 is 6.03 Å². The SMILES string of the molecule is CN1CCN(C(=O)NCc2ccncn2)Cc2ccccc21. The first-order chi connectivity index (χ1) is 10.7. The lowest BCUT2D eigenvalue weighted by Gasteiger charge is -2.21. The van der Waals surface area contributed by atoms with Crippen molar-refractivity contribution in [1.82, 2.24) is 20.2 Å². The van der Waals surface area contributed by atoms with Gasteiger partial charge in [0.2, 0.25) is 0 Å². The lowest BCUT2D eigenvalue weighted by Crippen LogP contribution is -2.41. The number of para-hydroxylation sites is 1. The van der Waals surface area contributed by atoms with E-state index in [4.69, 9.17) is 0 Å². The fourth-order valence-corrected chi connectivity index (χ4v) is 2.57. The maximum Gasteiger partial charge on any atom is 0.318 e. The van der Waals surface area contributed by atoms with Crippen LogP contribution in [0, 0.1) is 0 Å². The predicted molar refractivity (Wildman–Crippen MR) is 84.4 cm³/mol. The van der Waals surface area contributed by atoms with Gasteiger partial charge in [0.1, 0.15) is 6.33 Å². The van der Waals surface area contributed by atoms with Gasteiger partial charge in [0, 0.05) is 38.6 Å². The molecule has 2 aromatic rings. The molecule has 1 aromatic carbocycles. The number of rotatable bonds is 2. The van der Waals surface area contributed by atoms with Gasteiger partial charge in [-0.25, -0.2) is 14.8 Å². The van der Waals surface area contributed by atoms with Crippen LogP contribution in [0.25, 0.3) is 0 Å². The van der Waals surface area contributed by atoms with E-state index < -0.39 is 0 Å². The number of nitrogens with one attached hydrogen (secondary N) is 1. The van der Waals surface area contributed by atoms with Crippen molar-refractivity contribution < 1.29 is 4.79 Å². The number of hydrogen-bond acceptors (Lipinski definition) is 4. The second-order valence-electron chi connectivity index (χ2n) is 5.33. The zero-order valence-corrected chi connectivity index (χ0v) is 12.6. The number of amides is 2. The number of aromatic nitrogens is 2. The molecular weight excluding hydrogens is 278 g/mol. The van der Waals surface area contributed by atoms with E-state index in [-0.39, 0.29) is 6.03 Å². The second-order valence-corrected chi connectivity index (χ2v) is 5.33. The number of fused-ring (bicyclic) bond motifs is 1. The molecule has 1 aliphatic heterocycles. The summed E-state index contributed by atoms with van der Waals surface area (Å²) < 4.78 is 0. The van der Waals surface area contributed by atoms with Crippen LogP contribution in [-0.2, 0) is 13.1 Å². The fraction of sp³-hybridized carbons (Fsp3) is 0.312. The molecular formula is C16H19N5O. The van der Waals surface area contributed by atoms with E-state index in [1.807, 2.05) is 17.0 Å². The molecule has 0 saturated heterocycles. The summed E-state index contributed by atoms with van der Waals surface area (Å²) in [6.07, 6.45) is 3.16. The topological polar surface area (TPSA) is 61.4 Å². The predicted octanol–water partition coefficient (Wildman–Crippen LogP) is 1.64. The van der Waals surface area contributed by atoms with E-state index in [2.05, 4.69) is 39.4 Å². The molecule has 0 aliphatic carbocycles. The average Bonchev–Trinajstić information content (AvgIpc) is 2.73. The van der Waals surface area contributed by atoms with Crippen molar-refractivity contribution in [3.63, 3.8) is 0 Å². The molecule has 1 aliphatic rings. The van der Waals surface area contributed by atoms with Crippen LogP contribution in [0.1, 0.15) is 11.3 Å². The largest absolute Gasteiger partial charge is 0.373 e. The maximum absolute atomic E-state index is 12.4. The minimum atomic E-state index is -0.0660. The molecule has 1 N–H and O–H groups in total. The quantitative estimate of drug-likeness (QED) is 0.915. The number of benzene rings is 1. The Morgan fingerprint density at radius 1 is 1.27 bits per heavy atom. The highest BCUT2D eigenvalue weighted by atomic mass is 16.2. The molecule has 0 radical (unpaired) electrons. The summed E-state index contributed by atoms with van der Waals surface area (Å²) in [6, 6.07) is 9.93. The molecule has 6 heteroatoms. The van der Waals surface area contributed by atoms with Crippen LogP contribution in [0.2, 0.25) is 0 Å². The monoisotopic (exact) mass is 297 g/mol. The number of likely N-dealkylation sites (N-methyl/N-ethyl adjacent to an activating group) is 1. The Morgan fingerprint density at radius 3 is 2.95 bits per heavy atom. The van der Waals surface area contributed by atoms with Crippen molar-refractivity contribution >= 4 is 11.7 Å². The standard InChI is InChI=1S/C16H19N5O/c1-20-8-9-21(11-13-4-2-3-5-15(13)20)16(22)18-10-14-6-7-17-12-19-14/h2-7,12H,8-11H2,1H3,(H,18,22). The molecule has 2 amide bonds. The second kappa shape index (κ2) is 6.43. The molecule has 0 atom stereocenters. The molecule has 6 nitrogen and oxygen atoms in total. The Hall–Kier alpha value is -2.63. The molecule has 0 bridgehead atoms. The summed E-state index contributed by atoms with van der Waals surface area (Å²) in [5.41, 5.74) is 3.16. The Morgan fingerprint density at radius 2 is 2.14 bits per heavy atom.